The van der Waals surface area contributed by atoms with Crippen LogP contribution in [0.2, 0.25) is 0 Å². The maximum Gasteiger partial charge on any atom is 0.246 e. The van der Waals surface area contributed by atoms with Crippen molar-refractivity contribution in [3.05, 3.63) is 23.5 Å². The molecule has 4 nitrogen and oxygen atoms in total. The van der Waals surface area contributed by atoms with Gasteiger partial charge in [-0.1, -0.05) is 6.42 Å². The predicted octanol–water partition coefficient (Wildman–Crippen LogP) is 2.67. The first kappa shape index (κ1) is 14.8. The first-order chi connectivity index (χ1) is 9.91. The Morgan fingerprint density at radius 1 is 1.24 bits per heavy atom. The van der Waals surface area contributed by atoms with E-state index in [2.05, 4.69) is 0 Å². The maximum atomic E-state index is 14.3. The quantitative estimate of drug-likeness (QED) is 0.854. The predicted molar refractivity (Wildman–Crippen MR) is 79.8 cm³/mol. The number of fused-ring (bicyclic) bond motifs is 1. The lowest BCUT2D eigenvalue weighted by molar-refractivity contribution is 0.201. The Morgan fingerprint density at radius 2 is 1.95 bits per heavy atom. The second-order valence-electron chi connectivity index (χ2n) is 6.17. The number of piperidine rings is 1. The first-order valence-corrected chi connectivity index (χ1v) is 8.92. The van der Waals surface area contributed by atoms with Gasteiger partial charge in [-0.2, -0.15) is 4.31 Å². The van der Waals surface area contributed by atoms with Gasteiger partial charge in [0, 0.05) is 18.3 Å². The van der Waals surface area contributed by atoms with Crippen LogP contribution < -0.4 is 5.73 Å². The van der Waals surface area contributed by atoms with Crippen molar-refractivity contribution in [3.8, 4) is 0 Å². The highest BCUT2D eigenvalue weighted by Crippen LogP contribution is 2.40. The summed E-state index contributed by atoms with van der Waals surface area (Å²) in [5.41, 5.74) is 6.27. The minimum atomic E-state index is -3.81. The summed E-state index contributed by atoms with van der Waals surface area (Å²) in [5, 5.41) is 0. The molecular formula is C15H21FN2O2S. The van der Waals surface area contributed by atoms with Crippen molar-refractivity contribution < 1.29 is 12.8 Å². The zero-order valence-corrected chi connectivity index (χ0v) is 13.0. The molecule has 0 amide bonds. The van der Waals surface area contributed by atoms with Crippen LogP contribution in [0.3, 0.4) is 0 Å². The Balaban J connectivity index is 2.04. The lowest BCUT2D eigenvalue weighted by Crippen LogP contribution is -2.46. The molecule has 2 aliphatic rings. The Morgan fingerprint density at radius 3 is 2.71 bits per heavy atom. The van der Waals surface area contributed by atoms with Gasteiger partial charge in [0.25, 0.3) is 0 Å². The fraction of sp³-hybridized carbons (Fsp3) is 0.600. The standard InChI is InChI=1S/C15H21FN2O2S/c1-10-8-12(17)9-14(15(10)16)21(19,20)18-7-3-5-11-4-2-6-13(11)18/h8-9,11,13H,2-7,17H2,1H3. The topological polar surface area (TPSA) is 63.4 Å². The molecule has 1 saturated heterocycles. The molecule has 1 aromatic carbocycles. The molecule has 116 valence electrons. The number of hydrogen-bond acceptors (Lipinski definition) is 3. The van der Waals surface area contributed by atoms with E-state index in [-0.39, 0.29) is 22.2 Å². The van der Waals surface area contributed by atoms with Gasteiger partial charge in [-0.3, -0.25) is 0 Å². The zero-order valence-electron chi connectivity index (χ0n) is 12.2. The fourth-order valence-electron chi connectivity index (χ4n) is 3.78. The van der Waals surface area contributed by atoms with Gasteiger partial charge in [-0.15, -0.1) is 0 Å². The summed E-state index contributed by atoms with van der Waals surface area (Å²) in [7, 11) is -3.81. The number of aryl methyl sites for hydroxylation is 1. The second kappa shape index (κ2) is 5.25. The van der Waals surface area contributed by atoms with Gasteiger partial charge >= 0.3 is 0 Å². The van der Waals surface area contributed by atoms with Crippen molar-refractivity contribution in [2.45, 2.75) is 50.0 Å². The molecule has 0 bridgehead atoms. The van der Waals surface area contributed by atoms with Crippen LogP contribution >= 0.6 is 0 Å². The van der Waals surface area contributed by atoms with Crippen LogP contribution in [-0.2, 0) is 10.0 Å². The van der Waals surface area contributed by atoms with Crippen LogP contribution in [0.4, 0.5) is 10.1 Å². The van der Waals surface area contributed by atoms with Crippen LogP contribution in [0.25, 0.3) is 0 Å². The summed E-state index contributed by atoms with van der Waals surface area (Å²) in [4.78, 5) is -0.271. The van der Waals surface area contributed by atoms with Gasteiger partial charge < -0.3 is 5.73 Å². The molecule has 0 aromatic heterocycles. The number of nitrogens with zero attached hydrogens (tertiary/aromatic N) is 1. The van der Waals surface area contributed by atoms with Crippen molar-refractivity contribution in [2.24, 2.45) is 5.92 Å². The van der Waals surface area contributed by atoms with Crippen LogP contribution in [0.1, 0.15) is 37.7 Å². The van der Waals surface area contributed by atoms with Crippen LogP contribution in [0.5, 0.6) is 0 Å². The molecular weight excluding hydrogens is 291 g/mol. The molecule has 2 unspecified atom stereocenters. The van der Waals surface area contributed by atoms with Crippen molar-refractivity contribution in [2.75, 3.05) is 12.3 Å². The highest BCUT2D eigenvalue weighted by atomic mass is 32.2. The normalized spacial score (nSPS) is 26.8. The van der Waals surface area contributed by atoms with Gasteiger partial charge in [0.1, 0.15) is 10.7 Å². The third kappa shape index (κ3) is 2.44. The first-order valence-electron chi connectivity index (χ1n) is 7.48. The molecule has 2 atom stereocenters. The van der Waals surface area contributed by atoms with E-state index in [1.807, 2.05) is 0 Å². The SMILES string of the molecule is Cc1cc(N)cc(S(=O)(=O)N2CCCC3CCCC32)c1F. The number of halogens is 1. The average molecular weight is 312 g/mol. The van der Waals surface area contributed by atoms with Gasteiger partial charge in [0.2, 0.25) is 10.0 Å². The van der Waals surface area contributed by atoms with Gasteiger partial charge in [0.05, 0.1) is 0 Å². The Hall–Kier alpha value is -1.14. The minimum Gasteiger partial charge on any atom is -0.399 e. The van der Waals surface area contributed by atoms with E-state index >= 15 is 0 Å². The molecule has 6 heteroatoms. The molecule has 1 saturated carbocycles. The lowest BCUT2D eigenvalue weighted by atomic mass is 9.94. The van der Waals surface area contributed by atoms with Crippen molar-refractivity contribution in [1.82, 2.24) is 4.31 Å². The van der Waals surface area contributed by atoms with Crippen LogP contribution in [-0.4, -0.2) is 25.3 Å². The summed E-state index contributed by atoms with van der Waals surface area (Å²) in [5.74, 6) is -0.247. The smallest absolute Gasteiger partial charge is 0.246 e. The van der Waals surface area contributed by atoms with Crippen LogP contribution in [0, 0.1) is 18.7 Å². The zero-order chi connectivity index (χ0) is 15.2. The second-order valence-corrected chi connectivity index (χ2v) is 8.03. The Labute approximate surface area is 125 Å². The van der Waals surface area contributed by atoms with Crippen molar-refractivity contribution >= 4 is 15.7 Å². The summed E-state index contributed by atoms with van der Waals surface area (Å²) in [6.45, 7) is 2.02. The number of hydrogen-bond donors (Lipinski definition) is 1. The molecule has 1 aliphatic carbocycles. The van der Waals surface area contributed by atoms with E-state index in [1.165, 1.54) is 16.4 Å². The van der Waals surface area contributed by atoms with Crippen LogP contribution in [0.15, 0.2) is 17.0 Å². The monoisotopic (exact) mass is 312 g/mol. The summed E-state index contributed by atoms with van der Waals surface area (Å²) < 4.78 is 41.6. The maximum absolute atomic E-state index is 14.3. The minimum absolute atomic E-state index is 0.0323. The summed E-state index contributed by atoms with van der Waals surface area (Å²) >= 11 is 0. The van der Waals surface area contributed by atoms with Crippen molar-refractivity contribution in [1.29, 1.82) is 0 Å². The van der Waals surface area contributed by atoms with Gasteiger partial charge in [-0.05, 0) is 56.2 Å². The molecule has 1 aromatic rings. The fourth-order valence-corrected chi connectivity index (χ4v) is 5.71. The van der Waals surface area contributed by atoms with E-state index < -0.39 is 15.8 Å². The van der Waals surface area contributed by atoms with E-state index in [0.717, 1.165) is 32.1 Å². The van der Waals surface area contributed by atoms with Gasteiger partial charge in [-0.25, -0.2) is 12.8 Å². The highest BCUT2D eigenvalue weighted by molar-refractivity contribution is 7.89. The number of rotatable bonds is 2. The molecule has 1 aliphatic heterocycles. The molecule has 2 N–H and O–H groups in total. The number of sulfonamides is 1. The molecule has 1 heterocycles. The molecule has 2 fully saturated rings. The largest absolute Gasteiger partial charge is 0.399 e. The number of anilines is 1. The van der Waals surface area contributed by atoms with Crippen molar-refractivity contribution in [3.63, 3.8) is 0 Å². The summed E-state index contributed by atoms with van der Waals surface area (Å²) in [6.07, 6.45) is 4.94. The summed E-state index contributed by atoms with van der Waals surface area (Å²) in [6, 6.07) is 2.74. The molecule has 21 heavy (non-hydrogen) atoms. The molecule has 0 radical (unpaired) electrons. The third-order valence-corrected chi connectivity index (χ3v) is 6.70. The number of nitrogens with two attached hydrogens (primary N) is 1. The van der Waals surface area contributed by atoms with E-state index in [9.17, 15) is 12.8 Å². The van der Waals surface area contributed by atoms with E-state index in [0.29, 0.717) is 12.5 Å². The lowest BCUT2D eigenvalue weighted by Gasteiger charge is -2.36. The Bertz CT molecular complexity index is 660. The highest BCUT2D eigenvalue weighted by Gasteiger charge is 2.42. The number of nitrogen functional groups attached to an aromatic ring is 1. The van der Waals surface area contributed by atoms with Gasteiger partial charge in [0.15, 0.2) is 0 Å². The third-order valence-electron chi connectivity index (χ3n) is 4.77. The molecule has 0 spiro atoms. The average Bonchev–Trinajstić information content (AvgIpc) is 2.90. The molecule has 3 rings (SSSR count). The van der Waals surface area contributed by atoms with E-state index in [1.54, 1.807) is 6.92 Å². The van der Waals surface area contributed by atoms with E-state index in [4.69, 9.17) is 5.73 Å². The Kier molecular flexibility index (Phi) is 3.69. The number of benzene rings is 1.